The Bertz CT molecular complexity index is 633. The van der Waals surface area contributed by atoms with Crippen LogP contribution in [0.1, 0.15) is 24.8 Å². The highest BCUT2D eigenvalue weighted by Crippen LogP contribution is 2.18. The van der Waals surface area contributed by atoms with E-state index in [9.17, 15) is 13.2 Å². The van der Waals surface area contributed by atoms with E-state index in [1.807, 2.05) is 24.3 Å². The molecule has 0 radical (unpaired) electrons. The van der Waals surface area contributed by atoms with E-state index >= 15 is 0 Å². The Morgan fingerprint density at radius 2 is 2.14 bits per heavy atom. The Labute approximate surface area is 136 Å². The molecule has 0 saturated carbocycles. The number of nitrogens with zero attached hydrogens (tertiary/aromatic N) is 1. The minimum absolute atomic E-state index is 0.0416. The van der Waals surface area contributed by atoms with Gasteiger partial charge in [-0.2, -0.15) is 0 Å². The quantitative estimate of drug-likeness (QED) is 0.886. The summed E-state index contributed by atoms with van der Waals surface area (Å²) in [6.07, 6.45) is 3.70. The average molecular weight is 345 g/mol. The van der Waals surface area contributed by atoms with Gasteiger partial charge in [-0.15, -0.1) is 0 Å². The van der Waals surface area contributed by atoms with E-state index in [0.717, 1.165) is 24.7 Å². The lowest BCUT2D eigenvalue weighted by atomic mass is 10.0. The number of benzene rings is 1. The molecule has 1 saturated heterocycles. The van der Waals surface area contributed by atoms with Gasteiger partial charge < -0.3 is 4.90 Å². The van der Waals surface area contributed by atoms with Crippen molar-refractivity contribution in [1.29, 1.82) is 0 Å². The first-order chi connectivity index (χ1) is 10.3. The van der Waals surface area contributed by atoms with Crippen molar-refractivity contribution in [2.45, 2.75) is 31.7 Å². The fraction of sp³-hybridized carbons (Fsp3) is 0.533. The van der Waals surface area contributed by atoms with Gasteiger partial charge in [0.15, 0.2) is 0 Å². The van der Waals surface area contributed by atoms with E-state index in [1.165, 1.54) is 0 Å². The zero-order valence-electron chi connectivity index (χ0n) is 12.6. The third-order valence-corrected chi connectivity index (χ3v) is 4.85. The maximum absolute atomic E-state index is 12.3. The van der Waals surface area contributed by atoms with Crippen LogP contribution in [0.25, 0.3) is 0 Å². The third kappa shape index (κ3) is 5.26. The minimum Gasteiger partial charge on any atom is -0.341 e. The van der Waals surface area contributed by atoms with Crippen molar-refractivity contribution in [1.82, 2.24) is 9.62 Å². The molecule has 5 nitrogen and oxygen atoms in total. The number of piperidine rings is 1. The summed E-state index contributed by atoms with van der Waals surface area (Å²) in [4.78, 5) is 14.0. The molecule has 1 N–H and O–H groups in total. The van der Waals surface area contributed by atoms with E-state index < -0.39 is 10.0 Å². The monoisotopic (exact) mass is 344 g/mol. The topological polar surface area (TPSA) is 66.5 Å². The van der Waals surface area contributed by atoms with E-state index in [1.54, 1.807) is 4.90 Å². The standard InChI is InChI=1S/C15H21ClN2O3S/c1-22(20,21)17-13-6-4-10-18(11-13)15(19)9-8-12-5-2-3-7-14(12)16/h2-3,5,7,13,17H,4,6,8-11H2,1H3/t13-/m0/s1. The van der Waals surface area contributed by atoms with Crippen molar-refractivity contribution in [2.24, 2.45) is 0 Å². The molecule has 1 aliphatic heterocycles. The molecule has 0 aliphatic carbocycles. The fourth-order valence-corrected chi connectivity index (χ4v) is 3.73. The fourth-order valence-electron chi connectivity index (χ4n) is 2.70. The van der Waals surface area contributed by atoms with Crippen molar-refractivity contribution < 1.29 is 13.2 Å². The second kappa shape index (κ2) is 7.44. The Balaban J connectivity index is 1.88. The molecule has 2 rings (SSSR count). The molecule has 122 valence electrons. The van der Waals surface area contributed by atoms with Gasteiger partial charge in [0, 0.05) is 30.6 Å². The second-order valence-corrected chi connectivity index (χ2v) is 7.85. The molecule has 1 heterocycles. The molecule has 0 aromatic heterocycles. The molecule has 1 aliphatic rings. The Morgan fingerprint density at radius 1 is 1.41 bits per heavy atom. The van der Waals surface area contributed by atoms with Gasteiger partial charge in [0.2, 0.25) is 15.9 Å². The molecular weight excluding hydrogens is 324 g/mol. The molecule has 0 unspecified atom stereocenters. The van der Waals surface area contributed by atoms with Crippen LogP contribution in [0.15, 0.2) is 24.3 Å². The lowest BCUT2D eigenvalue weighted by Gasteiger charge is -2.32. The number of hydrogen-bond acceptors (Lipinski definition) is 3. The largest absolute Gasteiger partial charge is 0.341 e. The van der Waals surface area contributed by atoms with E-state index in [4.69, 9.17) is 11.6 Å². The van der Waals surface area contributed by atoms with Gasteiger partial charge >= 0.3 is 0 Å². The van der Waals surface area contributed by atoms with Crippen molar-refractivity contribution in [3.8, 4) is 0 Å². The minimum atomic E-state index is -3.24. The molecule has 1 atom stereocenters. The predicted octanol–water partition coefficient (Wildman–Crippen LogP) is 1.81. The van der Waals surface area contributed by atoms with E-state index in [0.29, 0.717) is 31.0 Å². The Kier molecular flexibility index (Phi) is 5.83. The summed E-state index contributed by atoms with van der Waals surface area (Å²) >= 11 is 6.09. The summed E-state index contributed by atoms with van der Waals surface area (Å²) in [5.41, 5.74) is 0.959. The summed E-state index contributed by atoms with van der Waals surface area (Å²) in [6.45, 7) is 1.12. The van der Waals surface area contributed by atoms with Gasteiger partial charge in [-0.3, -0.25) is 4.79 Å². The highest BCUT2D eigenvalue weighted by Gasteiger charge is 2.25. The van der Waals surface area contributed by atoms with Crippen molar-refractivity contribution in [2.75, 3.05) is 19.3 Å². The molecule has 22 heavy (non-hydrogen) atoms. The van der Waals surface area contributed by atoms with Crippen LogP contribution < -0.4 is 4.72 Å². The average Bonchev–Trinajstić information content (AvgIpc) is 2.44. The summed E-state index contributed by atoms with van der Waals surface area (Å²) in [5, 5.41) is 0.672. The van der Waals surface area contributed by atoms with Crippen molar-refractivity contribution >= 4 is 27.5 Å². The second-order valence-electron chi connectivity index (χ2n) is 5.66. The Morgan fingerprint density at radius 3 is 2.82 bits per heavy atom. The number of amides is 1. The van der Waals surface area contributed by atoms with Crippen LogP contribution >= 0.6 is 11.6 Å². The van der Waals surface area contributed by atoms with Crippen molar-refractivity contribution in [3.05, 3.63) is 34.9 Å². The number of halogens is 1. The van der Waals surface area contributed by atoms with E-state index in [-0.39, 0.29) is 11.9 Å². The normalized spacial score (nSPS) is 19.2. The molecule has 1 amide bonds. The number of nitrogens with one attached hydrogen (secondary N) is 1. The number of carbonyl (C=O) groups excluding carboxylic acids is 1. The van der Waals surface area contributed by atoms with Crippen LogP contribution in [0.5, 0.6) is 0 Å². The zero-order chi connectivity index (χ0) is 16.2. The lowest BCUT2D eigenvalue weighted by Crippen LogP contribution is -2.49. The zero-order valence-corrected chi connectivity index (χ0v) is 14.2. The van der Waals surface area contributed by atoms with Gasteiger partial charge in [0.1, 0.15) is 0 Å². The third-order valence-electron chi connectivity index (χ3n) is 3.72. The summed E-state index contributed by atoms with van der Waals surface area (Å²) in [7, 11) is -3.24. The number of aryl methyl sites for hydroxylation is 1. The van der Waals surface area contributed by atoms with Crippen LogP contribution in [-0.2, 0) is 21.2 Å². The predicted molar refractivity (Wildman–Crippen MR) is 87.4 cm³/mol. The highest BCUT2D eigenvalue weighted by atomic mass is 35.5. The molecule has 7 heteroatoms. The van der Waals surface area contributed by atoms with Gasteiger partial charge in [-0.25, -0.2) is 13.1 Å². The Hall–Kier alpha value is -1.11. The summed E-state index contributed by atoms with van der Waals surface area (Å²) in [5.74, 6) is 0.0416. The first-order valence-electron chi connectivity index (χ1n) is 7.33. The molecule has 1 aromatic rings. The van der Waals surface area contributed by atoms with Gasteiger partial charge in [0.05, 0.1) is 6.26 Å². The van der Waals surface area contributed by atoms with Gasteiger partial charge in [-0.1, -0.05) is 29.8 Å². The molecule has 1 fully saturated rings. The number of likely N-dealkylation sites (tertiary alicyclic amines) is 1. The molecular formula is C15H21ClN2O3S. The summed E-state index contributed by atoms with van der Waals surface area (Å²) < 4.78 is 25.2. The smallest absolute Gasteiger partial charge is 0.222 e. The first-order valence-corrected chi connectivity index (χ1v) is 9.60. The van der Waals surface area contributed by atoms with Crippen LogP contribution in [0.3, 0.4) is 0 Å². The first kappa shape index (κ1) is 17.2. The molecule has 0 spiro atoms. The van der Waals surface area contributed by atoms with Gasteiger partial charge in [-0.05, 0) is 30.9 Å². The molecule has 1 aromatic carbocycles. The maximum Gasteiger partial charge on any atom is 0.222 e. The number of carbonyl (C=O) groups is 1. The number of sulfonamides is 1. The highest BCUT2D eigenvalue weighted by molar-refractivity contribution is 7.88. The van der Waals surface area contributed by atoms with Crippen molar-refractivity contribution in [3.63, 3.8) is 0 Å². The lowest BCUT2D eigenvalue weighted by molar-refractivity contribution is -0.132. The van der Waals surface area contributed by atoms with Crippen LogP contribution in [0.2, 0.25) is 5.02 Å². The van der Waals surface area contributed by atoms with Crippen LogP contribution in [0, 0.1) is 0 Å². The van der Waals surface area contributed by atoms with Crippen LogP contribution in [0.4, 0.5) is 0 Å². The SMILES string of the molecule is CS(=O)(=O)N[C@H]1CCCN(C(=O)CCc2ccccc2Cl)C1. The van der Waals surface area contributed by atoms with Gasteiger partial charge in [0.25, 0.3) is 0 Å². The molecule has 0 bridgehead atoms. The summed E-state index contributed by atoms with van der Waals surface area (Å²) in [6, 6.07) is 7.31. The number of hydrogen-bond donors (Lipinski definition) is 1. The maximum atomic E-state index is 12.3. The van der Waals surface area contributed by atoms with E-state index in [2.05, 4.69) is 4.72 Å². The number of rotatable bonds is 5. The van der Waals surface area contributed by atoms with Crippen LogP contribution in [-0.4, -0.2) is 44.6 Å².